The fraction of sp³-hybridized carbons (Fsp3) is 0.500. The molecule has 1 fully saturated rings. The van der Waals surface area contributed by atoms with Gasteiger partial charge in [-0.3, -0.25) is 4.90 Å². The quantitative estimate of drug-likeness (QED) is 0.801. The number of benzene rings is 1. The van der Waals surface area contributed by atoms with Gasteiger partial charge in [0.2, 0.25) is 0 Å². The maximum Gasteiger partial charge on any atom is 0.126 e. The highest BCUT2D eigenvalue weighted by molar-refractivity contribution is 5.23. The molecule has 0 aliphatic carbocycles. The highest BCUT2D eigenvalue weighted by Gasteiger charge is 2.19. The number of aliphatic hydroxyl groups excluding tert-OH is 1. The number of likely N-dealkylation sites (tertiary alicyclic amines) is 1. The Kier molecular flexibility index (Phi) is 3.03. The van der Waals surface area contributed by atoms with Crippen LogP contribution in [-0.4, -0.2) is 29.2 Å². The molecule has 1 saturated heterocycles. The van der Waals surface area contributed by atoms with E-state index in [0.717, 1.165) is 25.1 Å². The second-order valence-electron chi connectivity index (χ2n) is 4.26. The lowest BCUT2D eigenvalue weighted by Gasteiger charge is -2.15. The van der Waals surface area contributed by atoms with Crippen LogP contribution in [0.15, 0.2) is 18.2 Å². The summed E-state index contributed by atoms with van der Waals surface area (Å²) in [6.07, 6.45) is 0.620. The molecule has 1 heterocycles. The van der Waals surface area contributed by atoms with E-state index in [1.807, 2.05) is 6.07 Å². The first-order valence-electron chi connectivity index (χ1n) is 5.30. The number of hydrogen-bond donors (Lipinski definition) is 1. The first kappa shape index (κ1) is 10.6. The number of β-amino-alcohol motifs (C(OH)–C–C–N with tert-alkyl or cyclic N) is 1. The molecule has 1 aliphatic rings. The fourth-order valence-electron chi connectivity index (χ4n) is 1.95. The first-order chi connectivity index (χ1) is 7.15. The Bertz CT molecular complexity index is 353. The number of aryl methyl sites for hydroxylation is 1. The van der Waals surface area contributed by atoms with Crippen LogP contribution < -0.4 is 0 Å². The van der Waals surface area contributed by atoms with Gasteiger partial charge in [-0.1, -0.05) is 12.1 Å². The number of rotatable bonds is 2. The summed E-state index contributed by atoms with van der Waals surface area (Å²) in [5, 5.41) is 9.36. The number of aliphatic hydroxyl groups is 1. The van der Waals surface area contributed by atoms with E-state index in [0.29, 0.717) is 12.1 Å². The summed E-state index contributed by atoms with van der Waals surface area (Å²) in [6.45, 7) is 4.10. The molecule has 0 radical (unpaired) electrons. The molecule has 0 amide bonds. The molecule has 1 aromatic rings. The highest BCUT2D eigenvalue weighted by atomic mass is 19.1. The highest BCUT2D eigenvalue weighted by Crippen LogP contribution is 2.15. The van der Waals surface area contributed by atoms with Gasteiger partial charge in [0, 0.05) is 19.6 Å². The van der Waals surface area contributed by atoms with Gasteiger partial charge in [0.1, 0.15) is 5.82 Å². The summed E-state index contributed by atoms with van der Waals surface area (Å²) in [4.78, 5) is 2.15. The van der Waals surface area contributed by atoms with Crippen molar-refractivity contribution < 1.29 is 9.50 Å². The van der Waals surface area contributed by atoms with Crippen molar-refractivity contribution in [3.63, 3.8) is 0 Å². The van der Waals surface area contributed by atoms with Crippen molar-refractivity contribution in [1.29, 1.82) is 0 Å². The normalized spacial score (nSPS) is 22.2. The standard InChI is InChI=1S/C12H16FNO/c1-9-2-3-10(6-12(9)13)7-14-5-4-11(15)8-14/h2-3,6,11,15H,4-5,7-8H2,1H3/t11-/m1/s1. The topological polar surface area (TPSA) is 23.5 Å². The minimum atomic E-state index is -0.208. The molecule has 1 N–H and O–H groups in total. The lowest BCUT2D eigenvalue weighted by molar-refractivity contribution is 0.175. The van der Waals surface area contributed by atoms with E-state index < -0.39 is 0 Å². The predicted octanol–water partition coefficient (Wildman–Crippen LogP) is 1.70. The SMILES string of the molecule is Cc1ccc(CN2CC[C@@H](O)C2)cc1F. The Labute approximate surface area is 89.3 Å². The van der Waals surface area contributed by atoms with E-state index in [1.54, 1.807) is 19.1 Å². The molecule has 2 nitrogen and oxygen atoms in total. The van der Waals surface area contributed by atoms with Crippen LogP contribution in [0, 0.1) is 12.7 Å². The van der Waals surface area contributed by atoms with Crippen LogP contribution in [0.25, 0.3) is 0 Å². The Hall–Kier alpha value is -0.930. The van der Waals surface area contributed by atoms with Crippen molar-refractivity contribution in [2.45, 2.75) is 26.0 Å². The van der Waals surface area contributed by atoms with Crippen LogP contribution in [0.1, 0.15) is 17.5 Å². The molecule has 0 aromatic heterocycles. The second-order valence-corrected chi connectivity index (χ2v) is 4.26. The van der Waals surface area contributed by atoms with Crippen molar-refractivity contribution in [2.24, 2.45) is 0 Å². The Balaban J connectivity index is 2.02. The monoisotopic (exact) mass is 209 g/mol. The average molecular weight is 209 g/mol. The zero-order valence-electron chi connectivity index (χ0n) is 8.91. The summed E-state index contributed by atoms with van der Waals surface area (Å²) < 4.78 is 13.3. The Morgan fingerprint density at radius 1 is 1.53 bits per heavy atom. The Morgan fingerprint density at radius 2 is 2.33 bits per heavy atom. The molecule has 0 bridgehead atoms. The van der Waals surface area contributed by atoms with E-state index >= 15 is 0 Å². The summed E-state index contributed by atoms with van der Waals surface area (Å²) in [7, 11) is 0. The van der Waals surface area contributed by atoms with Gasteiger partial charge in [-0.05, 0) is 30.5 Å². The molecular formula is C12H16FNO. The van der Waals surface area contributed by atoms with Crippen LogP contribution in [0.2, 0.25) is 0 Å². The van der Waals surface area contributed by atoms with Crippen LogP contribution >= 0.6 is 0 Å². The fourth-order valence-corrected chi connectivity index (χ4v) is 1.95. The van der Waals surface area contributed by atoms with Crippen LogP contribution in [-0.2, 0) is 6.54 Å². The summed E-state index contributed by atoms with van der Waals surface area (Å²) >= 11 is 0. The number of hydrogen-bond acceptors (Lipinski definition) is 2. The predicted molar refractivity (Wildman–Crippen MR) is 57.0 cm³/mol. The third-order valence-corrected chi connectivity index (χ3v) is 2.89. The van der Waals surface area contributed by atoms with Crippen molar-refractivity contribution in [3.05, 3.63) is 35.1 Å². The van der Waals surface area contributed by atoms with Gasteiger partial charge < -0.3 is 5.11 Å². The van der Waals surface area contributed by atoms with E-state index in [2.05, 4.69) is 4.90 Å². The lowest BCUT2D eigenvalue weighted by atomic mass is 10.1. The van der Waals surface area contributed by atoms with Crippen molar-refractivity contribution in [2.75, 3.05) is 13.1 Å². The minimum absolute atomic E-state index is 0.146. The minimum Gasteiger partial charge on any atom is -0.392 e. The van der Waals surface area contributed by atoms with Gasteiger partial charge in [0.25, 0.3) is 0 Å². The van der Waals surface area contributed by atoms with E-state index in [4.69, 9.17) is 0 Å². The van der Waals surface area contributed by atoms with Gasteiger partial charge in [-0.15, -0.1) is 0 Å². The zero-order chi connectivity index (χ0) is 10.8. The molecule has 15 heavy (non-hydrogen) atoms. The van der Waals surface area contributed by atoms with Crippen LogP contribution in [0.3, 0.4) is 0 Å². The van der Waals surface area contributed by atoms with Crippen molar-refractivity contribution in [1.82, 2.24) is 4.90 Å². The molecule has 1 aromatic carbocycles. The van der Waals surface area contributed by atoms with Crippen LogP contribution in [0.5, 0.6) is 0 Å². The van der Waals surface area contributed by atoms with Crippen molar-refractivity contribution in [3.8, 4) is 0 Å². The van der Waals surface area contributed by atoms with Crippen molar-refractivity contribution >= 4 is 0 Å². The largest absolute Gasteiger partial charge is 0.392 e. The molecule has 2 rings (SSSR count). The number of halogens is 1. The van der Waals surface area contributed by atoms with Gasteiger partial charge in [0.05, 0.1) is 6.10 Å². The van der Waals surface area contributed by atoms with E-state index in [-0.39, 0.29) is 11.9 Å². The molecule has 1 atom stereocenters. The molecule has 0 saturated carbocycles. The average Bonchev–Trinajstić information content (AvgIpc) is 2.58. The molecule has 3 heteroatoms. The Morgan fingerprint density at radius 3 is 2.93 bits per heavy atom. The van der Waals surface area contributed by atoms with Crippen LogP contribution in [0.4, 0.5) is 4.39 Å². The van der Waals surface area contributed by atoms with Gasteiger partial charge in [-0.2, -0.15) is 0 Å². The summed E-state index contributed by atoms with van der Waals surface area (Å²) in [5.41, 5.74) is 1.66. The summed E-state index contributed by atoms with van der Waals surface area (Å²) in [6, 6.07) is 5.33. The third-order valence-electron chi connectivity index (χ3n) is 2.89. The first-order valence-corrected chi connectivity index (χ1v) is 5.30. The summed E-state index contributed by atoms with van der Waals surface area (Å²) in [5.74, 6) is -0.146. The van der Waals surface area contributed by atoms with Gasteiger partial charge in [-0.25, -0.2) is 4.39 Å². The molecule has 0 spiro atoms. The third kappa shape index (κ3) is 2.55. The molecule has 1 aliphatic heterocycles. The smallest absolute Gasteiger partial charge is 0.126 e. The molecule has 0 unspecified atom stereocenters. The molecular weight excluding hydrogens is 193 g/mol. The molecule has 82 valence electrons. The lowest BCUT2D eigenvalue weighted by Crippen LogP contribution is -2.21. The van der Waals surface area contributed by atoms with Gasteiger partial charge >= 0.3 is 0 Å². The van der Waals surface area contributed by atoms with E-state index in [9.17, 15) is 9.50 Å². The van der Waals surface area contributed by atoms with Gasteiger partial charge in [0.15, 0.2) is 0 Å². The number of nitrogens with zero attached hydrogens (tertiary/aromatic N) is 1. The second kappa shape index (κ2) is 4.29. The maximum absolute atomic E-state index is 13.3. The van der Waals surface area contributed by atoms with E-state index in [1.165, 1.54) is 0 Å². The zero-order valence-corrected chi connectivity index (χ0v) is 8.91. The maximum atomic E-state index is 13.3.